The van der Waals surface area contributed by atoms with Crippen molar-refractivity contribution in [2.45, 2.75) is 30.7 Å². The molecule has 10 heteroatoms. The molecule has 0 radical (unpaired) electrons. The van der Waals surface area contributed by atoms with Crippen molar-refractivity contribution >= 4 is 28.1 Å². The Balaban J connectivity index is 0.00000392. The number of ether oxygens (including phenoxy) is 1. The molecule has 8 nitrogen and oxygen atoms in total. The van der Waals surface area contributed by atoms with Crippen molar-refractivity contribution in [3.05, 3.63) is 63.7 Å². The van der Waals surface area contributed by atoms with Crippen molar-refractivity contribution in [2.24, 2.45) is 5.73 Å². The molecule has 0 spiro atoms. The molecule has 0 saturated carbocycles. The first kappa shape index (κ1) is 23.8. The lowest BCUT2D eigenvalue weighted by Gasteiger charge is -2.16. The van der Waals surface area contributed by atoms with Gasteiger partial charge in [0.05, 0.1) is 12.0 Å². The zero-order chi connectivity index (χ0) is 20.2. The number of non-ortho nitro benzene ring substituents is 1. The molecule has 154 valence electrons. The van der Waals surface area contributed by atoms with Gasteiger partial charge >= 0.3 is 0 Å². The van der Waals surface area contributed by atoms with Crippen LogP contribution in [0.25, 0.3) is 0 Å². The van der Waals surface area contributed by atoms with Crippen LogP contribution in [-0.2, 0) is 10.0 Å². The third-order valence-corrected chi connectivity index (χ3v) is 5.62. The van der Waals surface area contributed by atoms with Gasteiger partial charge in [-0.15, -0.1) is 12.4 Å². The second-order valence-electron chi connectivity index (χ2n) is 6.37. The molecule has 3 N–H and O–H groups in total. The first-order valence-electron chi connectivity index (χ1n) is 8.33. The Morgan fingerprint density at radius 2 is 1.71 bits per heavy atom. The molecule has 2 aromatic carbocycles. The number of nitrogens with zero attached hydrogens (tertiary/aromatic N) is 1. The highest BCUT2D eigenvalue weighted by molar-refractivity contribution is 7.89. The first-order chi connectivity index (χ1) is 12.7. The highest BCUT2D eigenvalue weighted by Gasteiger charge is 2.23. The number of sulfonamides is 1. The standard InChI is InChI=1S/C18H23N3O5S.ClH/c1-12(2)13-4-6-14(7-5-13)16(19)11-20-27(24,25)18-10-15(21(22)23)8-9-17(18)26-3;/h4-10,12,16,20H,11,19H2,1-3H3;1H. The quantitative estimate of drug-likeness (QED) is 0.490. The van der Waals surface area contributed by atoms with E-state index < -0.39 is 21.0 Å². The zero-order valence-corrected chi connectivity index (χ0v) is 17.4. The predicted molar refractivity (Wildman–Crippen MR) is 110 cm³/mol. The van der Waals surface area contributed by atoms with Crippen LogP contribution in [0.3, 0.4) is 0 Å². The predicted octanol–water partition coefficient (Wildman–Crippen LogP) is 3.13. The highest BCUT2D eigenvalue weighted by atomic mass is 35.5. The SMILES string of the molecule is COc1ccc([N+](=O)[O-])cc1S(=O)(=O)NCC(N)c1ccc(C(C)C)cc1.Cl. The average Bonchev–Trinajstić information content (AvgIpc) is 2.65. The number of methoxy groups -OCH3 is 1. The van der Waals surface area contributed by atoms with Crippen LogP contribution in [0.15, 0.2) is 47.4 Å². The van der Waals surface area contributed by atoms with E-state index in [4.69, 9.17) is 10.5 Å². The Labute approximate surface area is 170 Å². The van der Waals surface area contributed by atoms with Crippen molar-refractivity contribution < 1.29 is 18.1 Å². The van der Waals surface area contributed by atoms with Crippen molar-refractivity contribution in [1.82, 2.24) is 4.72 Å². The number of nitrogens with one attached hydrogen (secondary N) is 1. The fourth-order valence-corrected chi connectivity index (χ4v) is 3.76. The van der Waals surface area contributed by atoms with Gasteiger partial charge in [0.1, 0.15) is 10.6 Å². The zero-order valence-electron chi connectivity index (χ0n) is 15.8. The molecule has 0 fully saturated rings. The minimum Gasteiger partial charge on any atom is -0.495 e. The number of hydrogen-bond donors (Lipinski definition) is 2. The third-order valence-electron chi connectivity index (χ3n) is 4.17. The summed E-state index contributed by atoms with van der Waals surface area (Å²) in [6.45, 7) is 4.10. The lowest BCUT2D eigenvalue weighted by molar-refractivity contribution is -0.385. The van der Waals surface area contributed by atoms with Crippen molar-refractivity contribution in [3.8, 4) is 5.75 Å². The van der Waals surface area contributed by atoms with Crippen LogP contribution in [0.5, 0.6) is 5.75 Å². The second-order valence-corrected chi connectivity index (χ2v) is 8.11. The molecule has 0 aliphatic rings. The van der Waals surface area contributed by atoms with Gasteiger partial charge in [0.2, 0.25) is 10.0 Å². The third kappa shape index (κ3) is 5.65. The summed E-state index contributed by atoms with van der Waals surface area (Å²) >= 11 is 0. The lowest BCUT2D eigenvalue weighted by Crippen LogP contribution is -2.32. The van der Waals surface area contributed by atoms with Gasteiger partial charge < -0.3 is 10.5 Å². The maximum atomic E-state index is 12.6. The van der Waals surface area contributed by atoms with E-state index in [-0.39, 0.29) is 35.3 Å². The first-order valence-corrected chi connectivity index (χ1v) is 9.81. The minimum atomic E-state index is -4.04. The summed E-state index contributed by atoms with van der Waals surface area (Å²) in [5, 5.41) is 10.9. The van der Waals surface area contributed by atoms with E-state index in [0.29, 0.717) is 5.92 Å². The summed E-state index contributed by atoms with van der Waals surface area (Å²) in [5.41, 5.74) is 7.69. The molecule has 2 aromatic rings. The van der Waals surface area contributed by atoms with Gasteiger partial charge in [-0.1, -0.05) is 38.1 Å². The molecule has 0 aliphatic heterocycles. The Hall–Kier alpha value is -2.20. The highest BCUT2D eigenvalue weighted by Crippen LogP contribution is 2.28. The van der Waals surface area contributed by atoms with E-state index >= 15 is 0 Å². The molecule has 0 saturated heterocycles. The summed E-state index contributed by atoms with van der Waals surface area (Å²) in [6, 6.07) is 10.5. The number of benzene rings is 2. The van der Waals surface area contributed by atoms with Crippen molar-refractivity contribution in [2.75, 3.05) is 13.7 Å². The van der Waals surface area contributed by atoms with E-state index in [9.17, 15) is 18.5 Å². The van der Waals surface area contributed by atoms with Gasteiger partial charge in [-0.25, -0.2) is 13.1 Å². The van der Waals surface area contributed by atoms with E-state index in [2.05, 4.69) is 18.6 Å². The van der Waals surface area contributed by atoms with Gasteiger partial charge in [-0.2, -0.15) is 0 Å². The van der Waals surface area contributed by atoms with Gasteiger partial charge in [0.25, 0.3) is 5.69 Å². The fourth-order valence-electron chi connectivity index (χ4n) is 2.51. The summed E-state index contributed by atoms with van der Waals surface area (Å²) in [7, 11) is -2.75. The Bertz CT molecular complexity index is 917. The molecule has 2 rings (SSSR count). The molecule has 28 heavy (non-hydrogen) atoms. The molecule has 1 atom stereocenters. The largest absolute Gasteiger partial charge is 0.495 e. The Morgan fingerprint density at radius 3 is 2.21 bits per heavy atom. The van der Waals surface area contributed by atoms with E-state index in [0.717, 1.165) is 17.2 Å². The van der Waals surface area contributed by atoms with E-state index in [1.54, 1.807) is 0 Å². The van der Waals surface area contributed by atoms with Gasteiger partial charge in [-0.05, 0) is 23.1 Å². The van der Waals surface area contributed by atoms with Crippen LogP contribution in [0, 0.1) is 10.1 Å². The van der Waals surface area contributed by atoms with Crippen LogP contribution >= 0.6 is 12.4 Å². The van der Waals surface area contributed by atoms with Crippen LogP contribution in [0.4, 0.5) is 5.69 Å². The van der Waals surface area contributed by atoms with Crippen LogP contribution in [0.2, 0.25) is 0 Å². The Morgan fingerprint density at radius 1 is 1.14 bits per heavy atom. The summed E-state index contributed by atoms with van der Waals surface area (Å²) in [5.74, 6) is 0.401. The fraction of sp³-hybridized carbons (Fsp3) is 0.333. The second kappa shape index (κ2) is 9.83. The lowest BCUT2D eigenvalue weighted by atomic mass is 9.99. The number of nitro groups is 1. The maximum absolute atomic E-state index is 12.6. The van der Waals surface area contributed by atoms with Crippen LogP contribution < -0.4 is 15.2 Å². The number of hydrogen-bond acceptors (Lipinski definition) is 6. The van der Waals surface area contributed by atoms with Gasteiger partial charge in [0, 0.05) is 24.7 Å². The van der Waals surface area contributed by atoms with E-state index in [1.165, 1.54) is 19.2 Å². The number of rotatable bonds is 8. The Kier molecular flexibility index (Phi) is 8.37. The van der Waals surface area contributed by atoms with Crippen LogP contribution in [0.1, 0.15) is 36.9 Å². The van der Waals surface area contributed by atoms with Crippen LogP contribution in [-0.4, -0.2) is 27.0 Å². The number of nitrogens with two attached hydrogens (primary N) is 1. The average molecular weight is 430 g/mol. The smallest absolute Gasteiger partial charge is 0.271 e. The van der Waals surface area contributed by atoms with Gasteiger partial charge in [-0.3, -0.25) is 10.1 Å². The molecule has 0 heterocycles. The molecular weight excluding hydrogens is 406 g/mol. The maximum Gasteiger partial charge on any atom is 0.271 e. The summed E-state index contributed by atoms with van der Waals surface area (Å²) in [6.07, 6.45) is 0. The molecule has 0 aliphatic carbocycles. The van der Waals surface area contributed by atoms with E-state index in [1.807, 2.05) is 24.3 Å². The molecule has 0 bridgehead atoms. The number of halogens is 1. The van der Waals surface area contributed by atoms with Crippen molar-refractivity contribution in [3.63, 3.8) is 0 Å². The minimum absolute atomic E-state index is 0. The topological polar surface area (TPSA) is 125 Å². The molecule has 0 aromatic heterocycles. The number of nitro benzene ring substituents is 1. The monoisotopic (exact) mass is 429 g/mol. The molecular formula is C18H24ClN3O5S. The molecule has 0 amide bonds. The summed E-state index contributed by atoms with van der Waals surface area (Å²) < 4.78 is 32.6. The van der Waals surface area contributed by atoms with Crippen molar-refractivity contribution in [1.29, 1.82) is 0 Å². The normalized spacial score (nSPS) is 12.3. The van der Waals surface area contributed by atoms with Gasteiger partial charge in [0.15, 0.2) is 0 Å². The molecule has 1 unspecified atom stereocenters. The summed E-state index contributed by atoms with van der Waals surface area (Å²) in [4.78, 5) is 9.97.